The van der Waals surface area contributed by atoms with Gasteiger partial charge in [0.05, 0.1) is 0 Å². The van der Waals surface area contributed by atoms with Crippen LogP contribution in [0.4, 0.5) is 0 Å². The Morgan fingerprint density at radius 2 is 0.977 bits per heavy atom. The van der Waals surface area contributed by atoms with Crippen molar-refractivity contribution in [2.45, 2.75) is 52.4 Å². The SMILES string of the molecule is CC(C)(C)c1ccc(C(=C=C2c3ccccc3-c3cccc(C#Cc4ccccc4)c32)c2ccc(C(C)(C)C)cc2)cc1. The third kappa shape index (κ3) is 5.79. The fourth-order valence-corrected chi connectivity index (χ4v) is 5.72. The molecule has 0 spiro atoms. The monoisotopic (exact) mass is 554 g/mol. The number of benzene rings is 5. The van der Waals surface area contributed by atoms with Crippen LogP contribution in [0.25, 0.3) is 22.3 Å². The van der Waals surface area contributed by atoms with Crippen molar-refractivity contribution < 1.29 is 0 Å². The molecule has 43 heavy (non-hydrogen) atoms. The summed E-state index contributed by atoms with van der Waals surface area (Å²) in [6.07, 6.45) is 0. The van der Waals surface area contributed by atoms with Gasteiger partial charge in [-0.2, -0.15) is 0 Å². The molecular formula is C43H38. The van der Waals surface area contributed by atoms with Crippen molar-refractivity contribution in [1.29, 1.82) is 0 Å². The highest BCUT2D eigenvalue weighted by molar-refractivity contribution is 6.04. The lowest BCUT2D eigenvalue weighted by Gasteiger charge is -2.20. The first-order chi connectivity index (χ1) is 20.6. The maximum absolute atomic E-state index is 3.98. The summed E-state index contributed by atoms with van der Waals surface area (Å²) in [5.74, 6) is 6.90. The number of rotatable bonds is 2. The van der Waals surface area contributed by atoms with Gasteiger partial charge in [0.25, 0.3) is 0 Å². The van der Waals surface area contributed by atoms with Crippen LogP contribution in [0.1, 0.15) is 86.1 Å². The van der Waals surface area contributed by atoms with E-state index in [-0.39, 0.29) is 10.8 Å². The first kappa shape index (κ1) is 28.3. The van der Waals surface area contributed by atoms with Gasteiger partial charge in [0.1, 0.15) is 0 Å². The molecule has 5 aromatic rings. The lowest BCUT2D eigenvalue weighted by molar-refractivity contribution is 0.590. The first-order valence-electron chi connectivity index (χ1n) is 15.1. The van der Waals surface area contributed by atoms with Gasteiger partial charge in [0.2, 0.25) is 0 Å². The highest BCUT2D eigenvalue weighted by Crippen LogP contribution is 2.46. The van der Waals surface area contributed by atoms with E-state index in [9.17, 15) is 0 Å². The zero-order valence-corrected chi connectivity index (χ0v) is 26.0. The smallest absolute Gasteiger partial charge is 0.0341 e. The van der Waals surface area contributed by atoms with Gasteiger partial charge in [0, 0.05) is 27.8 Å². The van der Waals surface area contributed by atoms with Gasteiger partial charge in [-0.15, -0.1) is 5.73 Å². The van der Waals surface area contributed by atoms with Crippen molar-refractivity contribution in [2.75, 3.05) is 0 Å². The molecule has 0 aromatic heterocycles. The standard InChI is InChI=1S/C43H38/c1-42(2,3)34-25-21-31(22-26-34)39(32-23-27-35(28-24-32)43(4,5)6)29-40-37-17-11-10-16-36(37)38-18-12-15-33(41(38)40)20-19-30-13-8-7-9-14-30/h7-18,21-28H,1-6H3. The molecule has 5 aromatic carbocycles. The van der Waals surface area contributed by atoms with Crippen LogP contribution in [0.2, 0.25) is 0 Å². The normalized spacial score (nSPS) is 12.1. The van der Waals surface area contributed by atoms with E-state index in [1.807, 2.05) is 18.2 Å². The van der Waals surface area contributed by atoms with Crippen molar-refractivity contribution in [1.82, 2.24) is 0 Å². The Kier molecular flexibility index (Phi) is 7.31. The van der Waals surface area contributed by atoms with Gasteiger partial charge in [-0.3, -0.25) is 0 Å². The van der Waals surface area contributed by atoms with Crippen LogP contribution in [0.3, 0.4) is 0 Å². The molecule has 0 N–H and O–H groups in total. The highest BCUT2D eigenvalue weighted by atomic mass is 14.3. The summed E-state index contributed by atoms with van der Waals surface area (Å²) in [7, 11) is 0. The maximum Gasteiger partial charge on any atom is 0.0341 e. The topological polar surface area (TPSA) is 0 Å². The van der Waals surface area contributed by atoms with Crippen molar-refractivity contribution in [3.8, 4) is 23.0 Å². The van der Waals surface area contributed by atoms with Gasteiger partial charge >= 0.3 is 0 Å². The number of hydrogen-bond acceptors (Lipinski definition) is 0. The van der Waals surface area contributed by atoms with E-state index >= 15 is 0 Å². The van der Waals surface area contributed by atoms with Crippen LogP contribution in [0.15, 0.2) is 127 Å². The molecule has 0 heteroatoms. The van der Waals surface area contributed by atoms with Crippen molar-refractivity contribution in [3.05, 3.63) is 172 Å². The first-order valence-corrected chi connectivity index (χ1v) is 15.1. The predicted octanol–water partition coefficient (Wildman–Crippen LogP) is 10.8. The van der Waals surface area contributed by atoms with Crippen LogP contribution >= 0.6 is 0 Å². The number of fused-ring (bicyclic) bond motifs is 3. The summed E-state index contributed by atoms with van der Waals surface area (Å²) in [4.78, 5) is 0. The number of hydrogen-bond donors (Lipinski definition) is 0. The van der Waals surface area contributed by atoms with Gasteiger partial charge in [-0.1, -0.05) is 157 Å². The van der Waals surface area contributed by atoms with Crippen molar-refractivity contribution >= 4 is 11.1 Å². The molecule has 0 saturated heterocycles. The van der Waals surface area contributed by atoms with Crippen LogP contribution < -0.4 is 0 Å². The molecule has 1 aliphatic carbocycles. The zero-order valence-electron chi connectivity index (χ0n) is 26.0. The van der Waals surface area contributed by atoms with E-state index in [2.05, 4.69) is 162 Å². The molecule has 0 heterocycles. The fourth-order valence-electron chi connectivity index (χ4n) is 5.72. The van der Waals surface area contributed by atoms with E-state index in [1.54, 1.807) is 0 Å². The third-order valence-corrected chi connectivity index (χ3v) is 8.25. The molecule has 0 aliphatic heterocycles. The molecule has 0 fully saturated rings. The molecule has 0 bridgehead atoms. The summed E-state index contributed by atoms with van der Waals surface area (Å²) in [6.45, 7) is 13.6. The molecule has 0 unspecified atom stereocenters. The minimum Gasteiger partial charge on any atom is -0.102 e. The Morgan fingerprint density at radius 1 is 0.465 bits per heavy atom. The molecule has 6 rings (SSSR count). The largest absolute Gasteiger partial charge is 0.102 e. The second kappa shape index (κ2) is 11.1. The average Bonchev–Trinajstić information content (AvgIpc) is 3.32. The minimum atomic E-state index is 0.0882. The van der Waals surface area contributed by atoms with Crippen LogP contribution in [0, 0.1) is 11.8 Å². The summed E-state index contributed by atoms with van der Waals surface area (Å²) < 4.78 is 0. The van der Waals surface area contributed by atoms with Gasteiger partial charge in [-0.05, 0) is 68.0 Å². The van der Waals surface area contributed by atoms with E-state index < -0.39 is 0 Å². The lowest BCUT2D eigenvalue weighted by Crippen LogP contribution is -2.11. The highest BCUT2D eigenvalue weighted by Gasteiger charge is 2.26. The second-order valence-corrected chi connectivity index (χ2v) is 13.4. The Bertz CT molecular complexity index is 1860. The Labute approximate surface area is 257 Å². The molecule has 210 valence electrons. The quantitative estimate of drug-likeness (QED) is 0.147. The van der Waals surface area contributed by atoms with E-state index in [1.165, 1.54) is 27.8 Å². The van der Waals surface area contributed by atoms with E-state index in [0.717, 1.165) is 39.0 Å². The Morgan fingerprint density at radius 3 is 1.53 bits per heavy atom. The van der Waals surface area contributed by atoms with Gasteiger partial charge in [-0.25, -0.2) is 0 Å². The van der Waals surface area contributed by atoms with Gasteiger partial charge in [0.15, 0.2) is 0 Å². The van der Waals surface area contributed by atoms with Crippen molar-refractivity contribution in [3.63, 3.8) is 0 Å². The lowest BCUT2D eigenvalue weighted by atomic mass is 9.84. The summed E-state index contributed by atoms with van der Waals surface area (Å²) in [5, 5.41) is 0. The Balaban J connectivity index is 1.63. The molecule has 0 saturated carbocycles. The summed E-state index contributed by atoms with van der Waals surface area (Å²) in [6, 6.07) is 43.4. The minimum absolute atomic E-state index is 0.0882. The fraction of sp³-hybridized carbons (Fsp3) is 0.186. The summed E-state index contributed by atoms with van der Waals surface area (Å²) in [5.41, 5.74) is 18.1. The van der Waals surface area contributed by atoms with Crippen LogP contribution in [-0.2, 0) is 10.8 Å². The molecule has 0 atom stereocenters. The summed E-state index contributed by atoms with van der Waals surface area (Å²) >= 11 is 0. The van der Waals surface area contributed by atoms with E-state index in [0.29, 0.717) is 0 Å². The molecular weight excluding hydrogens is 516 g/mol. The third-order valence-electron chi connectivity index (χ3n) is 8.25. The molecule has 0 amide bonds. The van der Waals surface area contributed by atoms with Crippen molar-refractivity contribution in [2.24, 2.45) is 0 Å². The zero-order chi connectivity index (χ0) is 30.2. The molecule has 0 nitrogen and oxygen atoms in total. The maximum atomic E-state index is 3.98. The molecule has 0 radical (unpaired) electrons. The average molecular weight is 555 g/mol. The van der Waals surface area contributed by atoms with E-state index in [4.69, 9.17) is 0 Å². The van der Waals surface area contributed by atoms with Crippen LogP contribution in [0.5, 0.6) is 0 Å². The predicted molar refractivity (Wildman–Crippen MR) is 183 cm³/mol. The van der Waals surface area contributed by atoms with Crippen LogP contribution in [-0.4, -0.2) is 0 Å². The Hall–Kier alpha value is -4.82. The van der Waals surface area contributed by atoms with Gasteiger partial charge < -0.3 is 0 Å². The molecule has 1 aliphatic rings. The second-order valence-electron chi connectivity index (χ2n) is 13.4.